The molecule has 0 bridgehead atoms. The zero-order valence-corrected chi connectivity index (χ0v) is 16.5. The minimum absolute atomic E-state index is 0.191. The molecule has 0 saturated carbocycles. The van der Waals surface area contributed by atoms with Crippen molar-refractivity contribution >= 4 is 11.7 Å². The van der Waals surface area contributed by atoms with Crippen molar-refractivity contribution in [2.45, 2.75) is 31.5 Å². The molecule has 1 aliphatic heterocycles. The van der Waals surface area contributed by atoms with E-state index in [0.717, 1.165) is 31.9 Å². The molecule has 1 fully saturated rings. The smallest absolute Gasteiger partial charge is 0.323 e. The van der Waals surface area contributed by atoms with E-state index in [9.17, 15) is 18.0 Å². The van der Waals surface area contributed by atoms with E-state index in [0.29, 0.717) is 13.1 Å². The number of halogens is 3. The number of likely N-dealkylation sites (N-methyl/N-ethyl adjacent to an activating group) is 1. The monoisotopic (exact) mass is 405 g/mol. The van der Waals surface area contributed by atoms with Gasteiger partial charge in [0.05, 0.1) is 11.3 Å². The molecule has 2 aromatic carbocycles. The summed E-state index contributed by atoms with van der Waals surface area (Å²) in [6, 6.07) is 15.0. The number of anilines is 1. The molecule has 2 amide bonds. The lowest BCUT2D eigenvalue weighted by Crippen LogP contribution is -2.50. The summed E-state index contributed by atoms with van der Waals surface area (Å²) < 4.78 is 39.5. The number of nitrogens with zero attached hydrogens (tertiary/aromatic N) is 2. The second-order valence-electron chi connectivity index (χ2n) is 7.43. The van der Waals surface area contributed by atoms with Crippen molar-refractivity contribution in [3.05, 3.63) is 65.7 Å². The largest absolute Gasteiger partial charge is 0.418 e. The number of hydrogen-bond donors (Lipinski definition) is 1. The molecule has 156 valence electrons. The number of hydrogen-bond acceptors (Lipinski definition) is 2. The van der Waals surface area contributed by atoms with Crippen molar-refractivity contribution in [2.75, 3.05) is 32.0 Å². The van der Waals surface area contributed by atoms with Crippen LogP contribution < -0.4 is 5.32 Å². The molecule has 1 heterocycles. The molecule has 0 spiro atoms. The minimum Gasteiger partial charge on any atom is -0.323 e. The molecular weight excluding hydrogens is 379 g/mol. The van der Waals surface area contributed by atoms with Gasteiger partial charge in [-0.25, -0.2) is 4.79 Å². The van der Waals surface area contributed by atoms with E-state index in [1.807, 2.05) is 25.2 Å². The van der Waals surface area contributed by atoms with Crippen LogP contribution in [0.2, 0.25) is 0 Å². The summed E-state index contributed by atoms with van der Waals surface area (Å²) in [5.74, 6) is 0. The summed E-state index contributed by atoms with van der Waals surface area (Å²) in [7, 11) is 2.04. The molecule has 0 unspecified atom stereocenters. The fourth-order valence-corrected chi connectivity index (χ4v) is 3.67. The average Bonchev–Trinajstić information content (AvgIpc) is 2.72. The van der Waals surface area contributed by atoms with Crippen LogP contribution in [0.25, 0.3) is 0 Å². The van der Waals surface area contributed by atoms with Crippen molar-refractivity contribution in [3.8, 4) is 0 Å². The molecule has 1 N–H and O–H groups in total. The number of urea groups is 1. The van der Waals surface area contributed by atoms with Gasteiger partial charge in [-0.3, -0.25) is 0 Å². The van der Waals surface area contributed by atoms with Crippen LogP contribution in [-0.2, 0) is 12.6 Å². The summed E-state index contributed by atoms with van der Waals surface area (Å²) in [4.78, 5) is 16.5. The van der Waals surface area contributed by atoms with Crippen molar-refractivity contribution < 1.29 is 18.0 Å². The normalized spacial score (nSPS) is 17.4. The van der Waals surface area contributed by atoms with Crippen molar-refractivity contribution in [3.63, 3.8) is 0 Å². The maximum atomic E-state index is 13.2. The van der Waals surface area contributed by atoms with E-state index in [2.05, 4.69) is 22.3 Å². The van der Waals surface area contributed by atoms with Crippen molar-refractivity contribution in [1.82, 2.24) is 9.80 Å². The van der Waals surface area contributed by atoms with Gasteiger partial charge in [0.15, 0.2) is 0 Å². The lowest BCUT2D eigenvalue weighted by Gasteiger charge is -2.37. The maximum Gasteiger partial charge on any atom is 0.418 e. The number of likely N-dealkylation sites (tertiary alicyclic amines) is 1. The first-order valence-corrected chi connectivity index (χ1v) is 9.81. The van der Waals surface area contributed by atoms with E-state index in [-0.39, 0.29) is 11.7 Å². The predicted molar refractivity (Wildman–Crippen MR) is 108 cm³/mol. The highest BCUT2D eigenvalue weighted by Gasteiger charge is 2.34. The number of benzene rings is 2. The van der Waals surface area contributed by atoms with E-state index in [4.69, 9.17) is 0 Å². The van der Waals surface area contributed by atoms with Crippen LogP contribution in [0.4, 0.5) is 23.7 Å². The highest BCUT2D eigenvalue weighted by molar-refractivity contribution is 5.90. The number of piperidine rings is 1. The number of nitrogens with one attached hydrogen (secondary N) is 1. The van der Waals surface area contributed by atoms with E-state index in [1.54, 1.807) is 4.90 Å². The molecule has 29 heavy (non-hydrogen) atoms. The Morgan fingerprint density at radius 3 is 2.55 bits per heavy atom. The molecule has 3 rings (SSSR count). The molecule has 4 nitrogen and oxygen atoms in total. The number of carbonyl (C=O) groups is 1. The van der Waals surface area contributed by atoms with Crippen LogP contribution in [0.5, 0.6) is 0 Å². The number of rotatable bonds is 5. The Labute approximate surface area is 169 Å². The second kappa shape index (κ2) is 9.31. The number of alkyl halides is 3. The van der Waals surface area contributed by atoms with Gasteiger partial charge in [-0.2, -0.15) is 13.2 Å². The molecular formula is C22H26F3N3O. The molecule has 0 radical (unpaired) electrons. The van der Waals surface area contributed by atoms with Crippen LogP contribution >= 0.6 is 0 Å². The first kappa shape index (κ1) is 21.2. The third-order valence-corrected chi connectivity index (χ3v) is 5.38. The Bertz CT molecular complexity index is 810. The minimum atomic E-state index is -4.51. The zero-order chi connectivity index (χ0) is 20.9. The van der Waals surface area contributed by atoms with Gasteiger partial charge < -0.3 is 15.1 Å². The molecule has 2 aromatic rings. The van der Waals surface area contributed by atoms with Gasteiger partial charge in [0, 0.05) is 25.7 Å². The molecule has 1 saturated heterocycles. The van der Waals surface area contributed by atoms with E-state index < -0.39 is 17.8 Å². The first-order chi connectivity index (χ1) is 13.8. The molecule has 0 aliphatic carbocycles. The summed E-state index contributed by atoms with van der Waals surface area (Å²) in [6.45, 7) is 1.91. The summed E-state index contributed by atoms with van der Waals surface area (Å²) in [5, 5.41) is 2.45. The van der Waals surface area contributed by atoms with Gasteiger partial charge in [0.2, 0.25) is 0 Å². The third-order valence-electron chi connectivity index (χ3n) is 5.38. The predicted octanol–water partition coefficient (Wildman–Crippen LogP) is 4.88. The third kappa shape index (κ3) is 5.73. The Hall–Kier alpha value is -2.54. The van der Waals surface area contributed by atoms with Crippen LogP contribution in [0.15, 0.2) is 54.6 Å². The van der Waals surface area contributed by atoms with Gasteiger partial charge in [-0.05, 0) is 44.0 Å². The lowest BCUT2D eigenvalue weighted by atomic mass is 10.0. The van der Waals surface area contributed by atoms with Crippen LogP contribution in [0.3, 0.4) is 0 Å². The van der Waals surface area contributed by atoms with Gasteiger partial charge in [0.1, 0.15) is 0 Å². The Balaban J connectivity index is 1.58. The van der Waals surface area contributed by atoms with Gasteiger partial charge in [-0.1, -0.05) is 42.5 Å². The maximum absolute atomic E-state index is 13.2. The van der Waals surface area contributed by atoms with Gasteiger partial charge >= 0.3 is 12.2 Å². The lowest BCUT2D eigenvalue weighted by molar-refractivity contribution is -0.136. The van der Waals surface area contributed by atoms with E-state index >= 15 is 0 Å². The first-order valence-electron chi connectivity index (χ1n) is 9.81. The Morgan fingerprint density at radius 1 is 1.14 bits per heavy atom. The number of para-hydroxylation sites is 1. The number of amides is 2. The quantitative estimate of drug-likeness (QED) is 0.770. The molecule has 7 heteroatoms. The number of carbonyl (C=O) groups excluding carboxylic acids is 1. The highest BCUT2D eigenvalue weighted by Crippen LogP contribution is 2.34. The summed E-state index contributed by atoms with van der Waals surface area (Å²) in [5.41, 5.74) is 0.222. The summed E-state index contributed by atoms with van der Waals surface area (Å²) in [6.07, 6.45) is -1.80. The van der Waals surface area contributed by atoms with E-state index in [1.165, 1.54) is 23.8 Å². The fourth-order valence-electron chi connectivity index (χ4n) is 3.67. The van der Waals surface area contributed by atoms with Crippen LogP contribution in [0, 0.1) is 0 Å². The topological polar surface area (TPSA) is 35.6 Å². The van der Waals surface area contributed by atoms with Crippen LogP contribution in [-0.4, -0.2) is 48.6 Å². The van der Waals surface area contributed by atoms with Crippen LogP contribution in [0.1, 0.15) is 24.0 Å². The zero-order valence-electron chi connectivity index (χ0n) is 16.5. The second-order valence-corrected chi connectivity index (χ2v) is 7.43. The average molecular weight is 405 g/mol. The molecule has 1 atom stereocenters. The standard InChI is InChI=1S/C22H26F3N3O/c1-27(15-13-17-8-3-2-4-9-17)18-10-7-14-28(16-18)21(29)26-20-12-6-5-11-19(20)22(23,24)25/h2-6,8-9,11-12,18H,7,10,13-16H2,1H3,(H,26,29)/t18-/m1/s1. The molecule has 1 aliphatic rings. The SMILES string of the molecule is CN(CCc1ccccc1)[C@@H]1CCCN(C(=O)Nc2ccccc2C(F)(F)F)C1. The van der Waals surface area contributed by atoms with Crippen molar-refractivity contribution in [2.24, 2.45) is 0 Å². The highest BCUT2D eigenvalue weighted by atomic mass is 19.4. The Kier molecular flexibility index (Phi) is 6.79. The van der Waals surface area contributed by atoms with Gasteiger partial charge in [0.25, 0.3) is 0 Å². The van der Waals surface area contributed by atoms with Gasteiger partial charge in [-0.15, -0.1) is 0 Å². The van der Waals surface area contributed by atoms with Crippen molar-refractivity contribution in [1.29, 1.82) is 0 Å². The summed E-state index contributed by atoms with van der Waals surface area (Å²) >= 11 is 0. The molecule has 0 aromatic heterocycles. The Morgan fingerprint density at radius 2 is 1.83 bits per heavy atom. The fraction of sp³-hybridized carbons (Fsp3) is 0.409.